The Kier molecular flexibility index (Phi) is 5.56. The molecular weight excluding hydrogens is 286 g/mol. The highest BCUT2D eigenvalue weighted by Crippen LogP contribution is 2.22. The summed E-state index contributed by atoms with van der Waals surface area (Å²) in [6.07, 6.45) is 6.28. The Hall–Kier alpha value is -1.62. The summed E-state index contributed by atoms with van der Waals surface area (Å²) in [5, 5.41) is 8.69. The highest BCUT2D eigenvalue weighted by atomic mass is 32.1. The van der Waals surface area contributed by atoms with Gasteiger partial charge in [-0.25, -0.2) is 0 Å². The molecule has 1 aliphatic heterocycles. The second kappa shape index (κ2) is 7.41. The molecule has 0 aromatic carbocycles. The monoisotopic (exact) mass is 307 g/mol. The number of hydrogen-bond donors (Lipinski definition) is 1. The van der Waals surface area contributed by atoms with Crippen LogP contribution in [0.15, 0.2) is 18.2 Å². The molecule has 4 nitrogen and oxygen atoms in total. The number of hydrogen-bond acceptors (Lipinski definition) is 3. The van der Waals surface area contributed by atoms with Gasteiger partial charge in [0.25, 0.3) is 0 Å². The molecule has 1 saturated heterocycles. The van der Waals surface area contributed by atoms with E-state index < -0.39 is 5.97 Å². The second-order valence-electron chi connectivity index (χ2n) is 5.48. The van der Waals surface area contributed by atoms with Gasteiger partial charge in [0.15, 0.2) is 0 Å². The molecule has 1 aromatic rings. The van der Waals surface area contributed by atoms with Crippen molar-refractivity contribution in [1.29, 1.82) is 0 Å². The molecule has 0 bridgehead atoms. The van der Waals surface area contributed by atoms with Crippen molar-refractivity contribution in [3.63, 3.8) is 0 Å². The van der Waals surface area contributed by atoms with Gasteiger partial charge in [0.2, 0.25) is 5.91 Å². The molecule has 0 radical (unpaired) electrons. The van der Waals surface area contributed by atoms with Crippen LogP contribution in [0.5, 0.6) is 0 Å². The number of amides is 1. The van der Waals surface area contributed by atoms with E-state index in [0.717, 1.165) is 37.2 Å². The minimum Gasteiger partial charge on any atom is -0.481 e. The van der Waals surface area contributed by atoms with Gasteiger partial charge in [-0.2, -0.15) is 0 Å². The van der Waals surface area contributed by atoms with Gasteiger partial charge in [0.05, 0.1) is 0 Å². The topological polar surface area (TPSA) is 57.6 Å². The van der Waals surface area contributed by atoms with Gasteiger partial charge >= 0.3 is 5.97 Å². The summed E-state index contributed by atoms with van der Waals surface area (Å²) in [5.41, 5.74) is 0. The summed E-state index contributed by atoms with van der Waals surface area (Å²) in [6.45, 7) is 3.51. The zero-order valence-corrected chi connectivity index (χ0v) is 13.1. The van der Waals surface area contributed by atoms with Crippen LogP contribution in [0.1, 0.15) is 35.4 Å². The minimum atomic E-state index is -0.734. The number of carbonyl (C=O) groups excluding carboxylic acids is 1. The molecule has 1 fully saturated rings. The van der Waals surface area contributed by atoms with E-state index in [9.17, 15) is 9.59 Å². The largest absolute Gasteiger partial charge is 0.481 e. The molecule has 2 heterocycles. The molecule has 5 heteroatoms. The summed E-state index contributed by atoms with van der Waals surface area (Å²) in [4.78, 5) is 26.9. The third kappa shape index (κ3) is 5.01. The van der Waals surface area contributed by atoms with Crippen LogP contribution in [-0.2, 0) is 9.59 Å². The Bertz CT molecular complexity index is 527. The number of carboxylic acid groups (broad SMARTS) is 1. The first-order chi connectivity index (χ1) is 10.0. The van der Waals surface area contributed by atoms with Crippen molar-refractivity contribution in [2.24, 2.45) is 5.92 Å². The third-order valence-corrected chi connectivity index (χ3v) is 4.81. The van der Waals surface area contributed by atoms with Gasteiger partial charge in [0.1, 0.15) is 0 Å². The summed E-state index contributed by atoms with van der Waals surface area (Å²) < 4.78 is 0. The van der Waals surface area contributed by atoms with Gasteiger partial charge < -0.3 is 10.0 Å². The molecule has 2 rings (SSSR count). The maximum Gasteiger partial charge on any atom is 0.303 e. The van der Waals surface area contributed by atoms with Gasteiger partial charge in [-0.05, 0) is 50.3 Å². The normalized spacial score (nSPS) is 16.5. The number of nitrogens with zero attached hydrogens (tertiary/aromatic N) is 1. The average Bonchev–Trinajstić information content (AvgIpc) is 2.89. The maximum atomic E-state index is 12.1. The summed E-state index contributed by atoms with van der Waals surface area (Å²) in [5.74, 6) is -0.241. The first-order valence-corrected chi connectivity index (χ1v) is 8.11. The zero-order valence-electron chi connectivity index (χ0n) is 12.2. The number of thiophene rings is 1. The Balaban J connectivity index is 1.77. The smallest absolute Gasteiger partial charge is 0.303 e. The van der Waals surface area contributed by atoms with Crippen molar-refractivity contribution in [1.82, 2.24) is 4.90 Å². The lowest BCUT2D eigenvalue weighted by molar-refractivity contribution is -0.137. The second-order valence-corrected chi connectivity index (χ2v) is 6.80. The molecule has 1 aromatic heterocycles. The van der Waals surface area contributed by atoms with Gasteiger partial charge in [-0.1, -0.05) is 0 Å². The van der Waals surface area contributed by atoms with E-state index in [4.69, 9.17) is 5.11 Å². The number of piperidine rings is 1. The molecule has 1 aliphatic rings. The highest BCUT2D eigenvalue weighted by Gasteiger charge is 2.21. The predicted molar refractivity (Wildman–Crippen MR) is 84.3 cm³/mol. The van der Waals surface area contributed by atoms with E-state index in [-0.39, 0.29) is 12.3 Å². The number of carbonyl (C=O) groups is 2. The summed E-state index contributed by atoms with van der Waals surface area (Å²) in [6, 6.07) is 4.06. The van der Waals surface area contributed by atoms with E-state index in [2.05, 4.69) is 0 Å². The van der Waals surface area contributed by atoms with E-state index in [1.165, 1.54) is 4.88 Å². The number of carboxylic acids is 1. The van der Waals surface area contributed by atoms with Crippen LogP contribution in [-0.4, -0.2) is 35.0 Å². The lowest BCUT2D eigenvalue weighted by Crippen LogP contribution is -2.37. The highest BCUT2D eigenvalue weighted by molar-refractivity contribution is 7.12. The molecule has 1 N–H and O–H groups in total. The van der Waals surface area contributed by atoms with Gasteiger partial charge in [-0.3, -0.25) is 9.59 Å². The van der Waals surface area contributed by atoms with Crippen molar-refractivity contribution >= 4 is 29.3 Å². The van der Waals surface area contributed by atoms with Crippen LogP contribution < -0.4 is 0 Å². The van der Waals surface area contributed by atoms with E-state index in [0.29, 0.717) is 5.92 Å². The van der Waals surface area contributed by atoms with Crippen molar-refractivity contribution in [3.05, 3.63) is 28.0 Å². The fourth-order valence-electron chi connectivity index (χ4n) is 2.57. The van der Waals surface area contributed by atoms with E-state index in [1.54, 1.807) is 17.4 Å². The third-order valence-electron chi connectivity index (χ3n) is 3.84. The maximum absolute atomic E-state index is 12.1. The molecule has 0 aliphatic carbocycles. The molecule has 21 heavy (non-hydrogen) atoms. The van der Waals surface area contributed by atoms with Crippen LogP contribution in [0.4, 0.5) is 0 Å². The summed E-state index contributed by atoms with van der Waals surface area (Å²) in [7, 11) is 0. The van der Waals surface area contributed by atoms with Gasteiger partial charge in [-0.15, -0.1) is 11.3 Å². The van der Waals surface area contributed by atoms with Crippen LogP contribution in [0.25, 0.3) is 6.08 Å². The molecule has 114 valence electrons. The molecular formula is C16H21NO3S. The Morgan fingerprint density at radius 2 is 2.10 bits per heavy atom. The number of likely N-dealkylation sites (tertiary alicyclic amines) is 1. The molecule has 0 spiro atoms. The average molecular weight is 307 g/mol. The zero-order chi connectivity index (χ0) is 15.2. The SMILES string of the molecule is Cc1ccc(C=CC(=O)N2CCC(CCC(=O)O)CC2)s1. The fraction of sp³-hybridized carbons (Fsp3) is 0.500. The number of rotatable bonds is 5. The molecule has 0 atom stereocenters. The molecule has 0 saturated carbocycles. The van der Waals surface area contributed by atoms with Crippen molar-refractivity contribution < 1.29 is 14.7 Å². The van der Waals surface area contributed by atoms with Crippen molar-refractivity contribution in [2.75, 3.05) is 13.1 Å². The van der Waals surface area contributed by atoms with Crippen molar-refractivity contribution in [2.45, 2.75) is 32.6 Å². The van der Waals surface area contributed by atoms with Crippen LogP contribution in [0.2, 0.25) is 0 Å². The fourth-order valence-corrected chi connectivity index (χ4v) is 3.35. The summed E-state index contributed by atoms with van der Waals surface area (Å²) >= 11 is 1.67. The predicted octanol–water partition coefficient (Wildman–Crippen LogP) is 3.17. The van der Waals surface area contributed by atoms with Crippen LogP contribution in [0, 0.1) is 12.8 Å². The standard InChI is InChI=1S/C16H21NO3S/c1-12-2-4-14(21-12)5-6-15(18)17-10-8-13(9-11-17)3-7-16(19)20/h2,4-6,13H,3,7-11H2,1H3,(H,19,20). The quantitative estimate of drug-likeness (QED) is 0.850. The number of aryl methyl sites for hydroxylation is 1. The van der Waals surface area contributed by atoms with E-state index >= 15 is 0 Å². The first kappa shape index (κ1) is 15.8. The number of aliphatic carboxylic acids is 1. The lowest BCUT2D eigenvalue weighted by Gasteiger charge is -2.31. The van der Waals surface area contributed by atoms with Crippen molar-refractivity contribution in [3.8, 4) is 0 Å². The molecule has 1 amide bonds. The minimum absolute atomic E-state index is 0.0535. The van der Waals surface area contributed by atoms with E-state index in [1.807, 2.05) is 30.0 Å². The Morgan fingerprint density at radius 1 is 1.38 bits per heavy atom. The van der Waals surface area contributed by atoms with Crippen LogP contribution >= 0.6 is 11.3 Å². The Labute approximate surface area is 129 Å². The molecule has 0 unspecified atom stereocenters. The Morgan fingerprint density at radius 3 is 2.67 bits per heavy atom. The van der Waals surface area contributed by atoms with Gasteiger partial charge in [0, 0.05) is 35.3 Å². The first-order valence-electron chi connectivity index (χ1n) is 7.30. The lowest BCUT2D eigenvalue weighted by atomic mass is 9.92. The van der Waals surface area contributed by atoms with Crippen LogP contribution in [0.3, 0.4) is 0 Å².